The van der Waals surface area contributed by atoms with Gasteiger partial charge < -0.3 is 34.4 Å². The normalized spacial score (nSPS) is 16.4. The second-order valence-corrected chi connectivity index (χ2v) is 12.5. The number of aromatic amines is 1. The van der Waals surface area contributed by atoms with Gasteiger partial charge in [-0.25, -0.2) is 18.2 Å². The van der Waals surface area contributed by atoms with E-state index in [4.69, 9.17) is 18.9 Å². The van der Waals surface area contributed by atoms with E-state index in [1.165, 1.54) is 26.4 Å². The number of fused-ring (bicyclic) bond motifs is 1. The van der Waals surface area contributed by atoms with Gasteiger partial charge in [0.05, 0.1) is 55.5 Å². The molecule has 1 aliphatic rings. The molecule has 4 aromatic rings. The van der Waals surface area contributed by atoms with Crippen molar-refractivity contribution in [2.75, 3.05) is 40.5 Å². The van der Waals surface area contributed by atoms with Gasteiger partial charge >= 0.3 is 5.97 Å². The lowest BCUT2D eigenvalue weighted by Gasteiger charge is -2.30. The minimum atomic E-state index is -3.95. The number of carbonyl (C=O) groups excluding carboxylic acids is 2. The third-order valence-corrected chi connectivity index (χ3v) is 9.50. The minimum absolute atomic E-state index is 0.0254. The van der Waals surface area contributed by atoms with E-state index in [1.54, 1.807) is 42.5 Å². The maximum absolute atomic E-state index is 13.3. The number of nitrogens with one attached hydrogen (secondary N) is 2. The van der Waals surface area contributed by atoms with Crippen LogP contribution in [-0.4, -0.2) is 86.5 Å². The summed E-state index contributed by atoms with van der Waals surface area (Å²) in [6.07, 6.45) is 1.09. The summed E-state index contributed by atoms with van der Waals surface area (Å²) in [6, 6.07) is 20.3. The predicted octanol–water partition coefficient (Wildman–Crippen LogP) is 3.09. The van der Waals surface area contributed by atoms with Gasteiger partial charge in [-0.05, 0) is 60.2 Å². The lowest BCUT2D eigenvalue weighted by Crippen LogP contribution is -2.38. The summed E-state index contributed by atoms with van der Waals surface area (Å²) < 4.78 is 49.6. The molecule has 1 amide bonds. The van der Waals surface area contributed by atoms with Crippen molar-refractivity contribution in [1.82, 2.24) is 19.6 Å². The van der Waals surface area contributed by atoms with Gasteiger partial charge in [-0.15, -0.1) is 0 Å². The predicted molar refractivity (Wildman–Crippen MR) is 171 cm³/mol. The molecule has 2 heterocycles. The number of benzene rings is 3. The third-order valence-electron chi connectivity index (χ3n) is 7.59. The highest BCUT2D eigenvalue weighted by Crippen LogP contribution is 2.32. The lowest BCUT2D eigenvalue weighted by molar-refractivity contribution is -0.146. The van der Waals surface area contributed by atoms with Gasteiger partial charge in [0.25, 0.3) is 5.91 Å². The Hall–Kier alpha value is -4.76. The van der Waals surface area contributed by atoms with Crippen LogP contribution in [0.25, 0.3) is 11.0 Å². The summed E-state index contributed by atoms with van der Waals surface area (Å²) in [6.45, 7) is -0.574. The maximum Gasteiger partial charge on any atom is 0.337 e. The fourth-order valence-electron chi connectivity index (χ4n) is 5.12. The van der Waals surface area contributed by atoms with Crippen LogP contribution in [0.4, 0.5) is 0 Å². The van der Waals surface area contributed by atoms with Crippen LogP contribution < -0.4 is 10.1 Å². The summed E-state index contributed by atoms with van der Waals surface area (Å²) in [4.78, 5) is 33.0. The Labute approximate surface area is 272 Å². The largest absolute Gasteiger partial charge is 0.497 e. The third kappa shape index (κ3) is 8.16. The molecular formula is C33H36N4O9S. The van der Waals surface area contributed by atoms with Crippen molar-refractivity contribution in [3.8, 4) is 5.75 Å². The van der Waals surface area contributed by atoms with Crippen molar-refractivity contribution in [3.05, 3.63) is 102 Å². The van der Waals surface area contributed by atoms with Gasteiger partial charge in [0.2, 0.25) is 16.3 Å². The summed E-state index contributed by atoms with van der Waals surface area (Å²) in [7, 11) is -1.16. The highest BCUT2D eigenvalue weighted by atomic mass is 32.2. The molecule has 248 valence electrons. The number of para-hydroxylation sites is 2. The average molecular weight is 665 g/mol. The van der Waals surface area contributed by atoms with Crippen molar-refractivity contribution in [2.24, 2.45) is 0 Å². The fraction of sp³-hybridized carbons (Fsp3) is 0.303. The number of rotatable bonds is 14. The van der Waals surface area contributed by atoms with E-state index in [2.05, 4.69) is 15.3 Å². The van der Waals surface area contributed by atoms with E-state index in [1.807, 2.05) is 24.3 Å². The van der Waals surface area contributed by atoms with Crippen molar-refractivity contribution < 1.29 is 42.1 Å². The Kier molecular flexibility index (Phi) is 10.9. The monoisotopic (exact) mass is 664 g/mol. The number of esters is 1. The van der Waals surface area contributed by atoms with Crippen molar-refractivity contribution >= 4 is 32.9 Å². The number of ether oxygens (including phenoxy) is 4. The number of carbonyl (C=O) groups is 2. The fourth-order valence-corrected chi connectivity index (χ4v) is 6.54. The number of aromatic nitrogens is 2. The van der Waals surface area contributed by atoms with E-state index >= 15 is 0 Å². The SMILES string of the molecule is COC(=O)c1ccc([C@@H]2C=C(C(=O)NCc3nc4ccccc4[nH]3)O[C@H](OCCN(CCO)S(=O)(=O)c3ccc(OC)cc3)C2)cc1. The number of amides is 1. The number of imidazole rings is 1. The summed E-state index contributed by atoms with van der Waals surface area (Å²) >= 11 is 0. The number of aliphatic hydroxyl groups excluding tert-OH is 1. The molecule has 0 fully saturated rings. The molecule has 0 bridgehead atoms. The molecule has 0 saturated heterocycles. The minimum Gasteiger partial charge on any atom is -0.497 e. The van der Waals surface area contributed by atoms with Crippen molar-refractivity contribution in [2.45, 2.75) is 30.1 Å². The second kappa shape index (κ2) is 15.2. The topological polar surface area (TPSA) is 169 Å². The number of hydrogen-bond donors (Lipinski definition) is 3. The first-order valence-electron chi connectivity index (χ1n) is 14.9. The van der Waals surface area contributed by atoms with Crippen LogP contribution in [0.1, 0.15) is 34.1 Å². The van der Waals surface area contributed by atoms with E-state index in [0.717, 1.165) is 20.9 Å². The maximum atomic E-state index is 13.3. The standard InChI is InChI=1S/C33H36N4O9S/c1-43-25-11-13-26(14-12-25)47(41,42)37(15-17-38)16-18-45-31-20-24(22-7-9-23(10-8-22)33(40)44-2)19-29(46-31)32(39)34-21-30-35-27-5-3-4-6-28(27)36-30/h3-14,19,24,31,38H,15-18,20-21H2,1-2H3,(H,34,39)(H,35,36)/t24-,31+/m1/s1. The molecule has 47 heavy (non-hydrogen) atoms. The molecule has 0 aliphatic carbocycles. The zero-order valence-corrected chi connectivity index (χ0v) is 26.7. The quantitative estimate of drug-likeness (QED) is 0.170. The van der Waals surface area contributed by atoms with Crippen LogP contribution in [0.2, 0.25) is 0 Å². The number of nitrogens with zero attached hydrogens (tertiary/aromatic N) is 2. The van der Waals surface area contributed by atoms with Crippen LogP contribution in [-0.2, 0) is 35.6 Å². The molecule has 3 aromatic carbocycles. The summed E-state index contributed by atoms with van der Waals surface area (Å²) in [5.74, 6) is -0.181. The Morgan fingerprint density at radius 1 is 1.04 bits per heavy atom. The summed E-state index contributed by atoms with van der Waals surface area (Å²) in [5, 5.41) is 12.4. The van der Waals surface area contributed by atoms with E-state index in [0.29, 0.717) is 23.6 Å². The molecule has 0 spiro atoms. The molecule has 0 radical (unpaired) electrons. The molecule has 1 aromatic heterocycles. The average Bonchev–Trinajstić information content (AvgIpc) is 3.53. The molecule has 5 rings (SSSR count). The van der Waals surface area contributed by atoms with Gasteiger partial charge in [0, 0.05) is 25.4 Å². The van der Waals surface area contributed by atoms with Crippen LogP contribution in [0.3, 0.4) is 0 Å². The summed E-state index contributed by atoms with van der Waals surface area (Å²) in [5.41, 5.74) is 2.81. The van der Waals surface area contributed by atoms with Crippen LogP contribution in [0.5, 0.6) is 5.75 Å². The Morgan fingerprint density at radius 3 is 2.47 bits per heavy atom. The molecule has 13 nitrogen and oxygen atoms in total. The van der Waals surface area contributed by atoms with Crippen LogP contribution >= 0.6 is 0 Å². The number of methoxy groups -OCH3 is 2. The molecule has 14 heteroatoms. The Bertz CT molecular complexity index is 1790. The molecule has 0 saturated carbocycles. The first-order valence-corrected chi connectivity index (χ1v) is 16.3. The van der Waals surface area contributed by atoms with Crippen molar-refractivity contribution in [3.63, 3.8) is 0 Å². The number of allylic oxidation sites excluding steroid dienone is 1. The van der Waals surface area contributed by atoms with Gasteiger partial charge in [-0.1, -0.05) is 24.3 Å². The lowest BCUT2D eigenvalue weighted by atomic mass is 9.92. The smallest absolute Gasteiger partial charge is 0.337 e. The van der Waals surface area contributed by atoms with E-state index < -0.39 is 34.8 Å². The zero-order valence-electron chi connectivity index (χ0n) is 25.9. The molecule has 0 unspecified atom stereocenters. The first-order chi connectivity index (χ1) is 22.7. The van der Waals surface area contributed by atoms with Gasteiger partial charge in [-0.3, -0.25) is 4.79 Å². The van der Waals surface area contributed by atoms with Gasteiger partial charge in [0.1, 0.15) is 11.6 Å². The molecule has 1 aliphatic heterocycles. The number of H-pyrrole nitrogens is 1. The highest BCUT2D eigenvalue weighted by Gasteiger charge is 2.30. The van der Waals surface area contributed by atoms with E-state index in [-0.39, 0.29) is 42.8 Å². The molecule has 3 N–H and O–H groups in total. The van der Waals surface area contributed by atoms with Crippen LogP contribution in [0.15, 0.2) is 89.5 Å². The van der Waals surface area contributed by atoms with E-state index in [9.17, 15) is 23.1 Å². The van der Waals surface area contributed by atoms with Gasteiger partial charge in [0.15, 0.2) is 5.76 Å². The second-order valence-electron chi connectivity index (χ2n) is 10.6. The zero-order chi connectivity index (χ0) is 33.4. The number of aliphatic hydroxyl groups is 1. The molecule has 2 atom stereocenters. The Balaban J connectivity index is 1.29. The first kappa shape index (κ1) is 33.6. The van der Waals surface area contributed by atoms with Crippen LogP contribution in [0, 0.1) is 0 Å². The number of hydrogen-bond acceptors (Lipinski definition) is 10. The number of sulfonamides is 1. The van der Waals surface area contributed by atoms with Crippen molar-refractivity contribution in [1.29, 1.82) is 0 Å². The molecular weight excluding hydrogens is 628 g/mol. The highest BCUT2D eigenvalue weighted by molar-refractivity contribution is 7.89. The van der Waals surface area contributed by atoms with Gasteiger partial charge in [-0.2, -0.15) is 4.31 Å². The Morgan fingerprint density at radius 2 is 1.79 bits per heavy atom.